The van der Waals surface area contributed by atoms with Crippen molar-refractivity contribution in [2.75, 3.05) is 5.32 Å². The summed E-state index contributed by atoms with van der Waals surface area (Å²) in [5.74, 6) is 0.0333. The maximum atomic E-state index is 12.0. The first kappa shape index (κ1) is 17.6. The van der Waals surface area contributed by atoms with Crippen LogP contribution in [0.1, 0.15) is 20.3 Å². The Bertz CT molecular complexity index is 557. The Hall–Kier alpha value is -1.43. The molecule has 0 aliphatic carbocycles. The Morgan fingerprint density at radius 3 is 2.57 bits per heavy atom. The van der Waals surface area contributed by atoms with E-state index < -0.39 is 6.04 Å². The number of nitrogens with two attached hydrogens (primary N) is 1. The van der Waals surface area contributed by atoms with Gasteiger partial charge in [0.15, 0.2) is 0 Å². The highest BCUT2D eigenvalue weighted by atomic mass is 35.5. The molecule has 2 aromatic rings. The van der Waals surface area contributed by atoms with Crippen molar-refractivity contribution in [3.63, 3.8) is 0 Å². The van der Waals surface area contributed by atoms with Gasteiger partial charge in [-0.3, -0.25) is 4.79 Å². The largest absolute Gasteiger partial charge is 0.325 e. The van der Waals surface area contributed by atoms with Crippen LogP contribution in [0.5, 0.6) is 0 Å². The third-order valence-corrected chi connectivity index (χ3v) is 4.21. The number of anilines is 1. The molecule has 0 bridgehead atoms. The SMILES string of the molecule is CCC(C)C(N)C(=O)Nc1ccc(-c2nccs2)cc1.Cl. The Morgan fingerprint density at radius 2 is 2.05 bits per heavy atom. The summed E-state index contributed by atoms with van der Waals surface area (Å²) in [6.07, 6.45) is 2.67. The van der Waals surface area contributed by atoms with Crippen LogP contribution in [0.25, 0.3) is 10.6 Å². The highest BCUT2D eigenvalue weighted by molar-refractivity contribution is 7.13. The second-order valence-electron chi connectivity index (χ2n) is 4.82. The van der Waals surface area contributed by atoms with Gasteiger partial charge in [-0.1, -0.05) is 20.3 Å². The first-order valence-electron chi connectivity index (χ1n) is 6.68. The molecule has 1 aromatic heterocycles. The Labute approximate surface area is 135 Å². The molecule has 2 unspecified atom stereocenters. The summed E-state index contributed by atoms with van der Waals surface area (Å²) in [5, 5.41) is 5.76. The van der Waals surface area contributed by atoms with E-state index in [9.17, 15) is 4.79 Å². The first-order valence-corrected chi connectivity index (χ1v) is 7.56. The Balaban J connectivity index is 0.00000220. The van der Waals surface area contributed by atoms with Crippen LogP contribution in [-0.2, 0) is 4.79 Å². The molecule has 4 nitrogen and oxygen atoms in total. The zero-order valence-electron chi connectivity index (χ0n) is 12.1. The molecule has 1 aromatic carbocycles. The van der Waals surface area contributed by atoms with Crippen molar-refractivity contribution in [1.82, 2.24) is 4.98 Å². The zero-order chi connectivity index (χ0) is 14.5. The topological polar surface area (TPSA) is 68.0 Å². The van der Waals surface area contributed by atoms with Crippen molar-refractivity contribution in [2.45, 2.75) is 26.3 Å². The standard InChI is InChI=1S/C15H19N3OS.ClH/c1-3-10(2)13(16)14(19)18-12-6-4-11(5-7-12)15-17-8-9-20-15;/h4-10,13H,3,16H2,1-2H3,(H,18,19);1H. The summed E-state index contributed by atoms with van der Waals surface area (Å²) in [4.78, 5) is 16.2. The molecule has 0 saturated carbocycles. The van der Waals surface area contributed by atoms with E-state index in [1.165, 1.54) is 0 Å². The quantitative estimate of drug-likeness (QED) is 0.883. The molecule has 21 heavy (non-hydrogen) atoms. The molecule has 3 N–H and O–H groups in total. The maximum Gasteiger partial charge on any atom is 0.241 e. The van der Waals surface area contributed by atoms with Crippen LogP contribution in [0.2, 0.25) is 0 Å². The first-order chi connectivity index (χ1) is 9.61. The number of nitrogens with one attached hydrogen (secondary N) is 1. The number of carbonyl (C=O) groups is 1. The number of benzene rings is 1. The number of rotatable bonds is 5. The number of hydrogen-bond acceptors (Lipinski definition) is 4. The van der Waals surface area contributed by atoms with E-state index in [2.05, 4.69) is 10.3 Å². The van der Waals surface area contributed by atoms with E-state index in [0.29, 0.717) is 0 Å². The average molecular weight is 326 g/mol. The van der Waals surface area contributed by atoms with Gasteiger partial charge in [-0.05, 0) is 30.2 Å². The van der Waals surface area contributed by atoms with Crippen LogP contribution in [-0.4, -0.2) is 16.9 Å². The smallest absolute Gasteiger partial charge is 0.241 e. The van der Waals surface area contributed by atoms with E-state index >= 15 is 0 Å². The summed E-state index contributed by atoms with van der Waals surface area (Å²) in [6, 6.07) is 7.17. The predicted octanol–water partition coefficient (Wildman–Crippen LogP) is 3.54. The van der Waals surface area contributed by atoms with Crippen molar-refractivity contribution in [3.8, 4) is 10.6 Å². The van der Waals surface area contributed by atoms with Crippen molar-refractivity contribution < 1.29 is 4.79 Å². The van der Waals surface area contributed by atoms with Gasteiger partial charge in [-0.2, -0.15) is 0 Å². The number of carbonyl (C=O) groups excluding carboxylic acids is 1. The summed E-state index contributed by atoms with van der Waals surface area (Å²) in [5.41, 5.74) is 7.71. The molecule has 1 amide bonds. The summed E-state index contributed by atoms with van der Waals surface area (Å²) in [6.45, 7) is 4.01. The lowest BCUT2D eigenvalue weighted by Gasteiger charge is -2.17. The number of halogens is 1. The number of nitrogens with zero attached hydrogens (tertiary/aromatic N) is 1. The lowest BCUT2D eigenvalue weighted by atomic mass is 9.99. The highest BCUT2D eigenvalue weighted by Crippen LogP contribution is 2.23. The fourth-order valence-electron chi connectivity index (χ4n) is 1.80. The minimum absolute atomic E-state index is 0. The number of hydrogen-bond donors (Lipinski definition) is 2. The highest BCUT2D eigenvalue weighted by Gasteiger charge is 2.19. The van der Waals surface area contributed by atoms with Gasteiger partial charge in [0.1, 0.15) is 5.01 Å². The van der Waals surface area contributed by atoms with Crippen LogP contribution in [0.4, 0.5) is 5.69 Å². The lowest BCUT2D eigenvalue weighted by molar-refractivity contribution is -0.118. The fourth-order valence-corrected chi connectivity index (χ4v) is 2.44. The van der Waals surface area contributed by atoms with Gasteiger partial charge in [0, 0.05) is 22.8 Å². The molecular formula is C15H20ClN3OS. The van der Waals surface area contributed by atoms with Crippen molar-refractivity contribution in [1.29, 1.82) is 0 Å². The number of thiazole rings is 1. The molecule has 0 aliphatic rings. The molecule has 0 radical (unpaired) electrons. The van der Waals surface area contributed by atoms with Gasteiger partial charge in [0.25, 0.3) is 0 Å². The van der Waals surface area contributed by atoms with Crippen LogP contribution in [0.3, 0.4) is 0 Å². The summed E-state index contributed by atoms with van der Waals surface area (Å²) >= 11 is 1.59. The third kappa shape index (κ3) is 4.52. The zero-order valence-corrected chi connectivity index (χ0v) is 13.7. The minimum Gasteiger partial charge on any atom is -0.325 e. The predicted molar refractivity (Wildman–Crippen MR) is 90.9 cm³/mol. The van der Waals surface area contributed by atoms with Crippen LogP contribution in [0, 0.1) is 5.92 Å². The van der Waals surface area contributed by atoms with Gasteiger partial charge in [-0.15, -0.1) is 23.7 Å². The molecular weight excluding hydrogens is 306 g/mol. The van der Waals surface area contributed by atoms with Gasteiger partial charge >= 0.3 is 0 Å². The van der Waals surface area contributed by atoms with E-state index in [1.807, 2.05) is 43.5 Å². The summed E-state index contributed by atoms with van der Waals surface area (Å²) < 4.78 is 0. The maximum absolute atomic E-state index is 12.0. The van der Waals surface area contributed by atoms with Crippen molar-refractivity contribution >= 4 is 35.3 Å². The van der Waals surface area contributed by atoms with Crippen LogP contribution in [0.15, 0.2) is 35.8 Å². The van der Waals surface area contributed by atoms with Crippen molar-refractivity contribution in [3.05, 3.63) is 35.8 Å². The molecule has 6 heteroatoms. The van der Waals surface area contributed by atoms with Crippen LogP contribution >= 0.6 is 23.7 Å². The van der Waals surface area contributed by atoms with Crippen molar-refractivity contribution in [2.24, 2.45) is 11.7 Å². The average Bonchev–Trinajstić information content (AvgIpc) is 3.00. The molecule has 1 heterocycles. The van der Waals surface area contributed by atoms with Gasteiger partial charge in [0.05, 0.1) is 6.04 Å². The Kier molecular flexibility index (Phi) is 6.81. The third-order valence-electron chi connectivity index (χ3n) is 3.39. The van der Waals surface area contributed by atoms with Crippen LogP contribution < -0.4 is 11.1 Å². The fraction of sp³-hybridized carbons (Fsp3) is 0.333. The van der Waals surface area contributed by atoms with Gasteiger partial charge in [-0.25, -0.2) is 4.98 Å². The molecule has 0 spiro atoms. The molecule has 0 fully saturated rings. The monoisotopic (exact) mass is 325 g/mol. The lowest BCUT2D eigenvalue weighted by Crippen LogP contribution is -2.40. The second kappa shape index (κ2) is 8.12. The van der Waals surface area contributed by atoms with Gasteiger partial charge in [0.2, 0.25) is 5.91 Å². The molecule has 0 aliphatic heterocycles. The number of amides is 1. The molecule has 114 valence electrons. The summed E-state index contributed by atoms with van der Waals surface area (Å²) in [7, 11) is 0. The Morgan fingerprint density at radius 1 is 1.38 bits per heavy atom. The normalized spacial score (nSPS) is 13.1. The molecule has 2 rings (SSSR count). The van der Waals surface area contributed by atoms with E-state index in [0.717, 1.165) is 22.7 Å². The molecule has 2 atom stereocenters. The van der Waals surface area contributed by atoms with E-state index in [1.54, 1.807) is 17.5 Å². The van der Waals surface area contributed by atoms with Gasteiger partial charge < -0.3 is 11.1 Å². The minimum atomic E-state index is -0.473. The second-order valence-corrected chi connectivity index (χ2v) is 5.71. The van der Waals surface area contributed by atoms with E-state index in [4.69, 9.17) is 5.73 Å². The molecule has 0 saturated heterocycles. The van der Waals surface area contributed by atoms with E-state index in [-0.39, 0.29) is 24.2 Å². The number of aromatic nitrogens is 1.